The zero-order valence-electron chi connectivity index (χ0n) is 10.4. The predicted octanol–water partition coefficient (Wildman–Crippen LogP) is 4.41. The molecule has 0 saturated carbocycles. The van der Waals surface area contributed by atoms with Crippen LogP contribution in [0.1, 0.15) is 0 Å². The number of benzene rings is 2. The molecule has 3 rings (SSSR count). The van der Waals surface area contributed by atoms with Crippen molar-refractivity contribution in [3.8, 4) is 5.69 Å². The molecule has 0 unspecified atom stereocenters. The quantitative estimate of drug-likeness (QED) is 0.773. The predicted molar refractivity (Wildman–Crippen MR) is 78.3 cm³/mol. The Hall–Kier alpha value is -2.33. The van der Waals surface area contributed by atoms with Crippen molar-refractivity contribution < 1.29 is 4.39 Å². The van der Waals surface area contributed by atoms with Crippen LogP contribution in [0.3, 0.4) is 0 Å². The van der Waals surface area contributed by atoms with Gasteiger partial charge in [0.05, 0.1) is 5.69 Å². The number of hydrogen-bond donors (Lipinski definition) is 1. The maximum absolute atomic E-state index is 13.9. The van der Waals surface area contributed by atoms with E-state index in [1.165, 1.54) is 12.1 Å². The molecular formula is C15H11ClFN3. The zero-order valence-corrected chi connectivity index (χ0v) is 11.2. The first kappa shape index (κ1) is 12.7. The number of aromatic nitrogens is 2. The largest absolute Gasteiger partial charge is 0.325 e. The van der Waals surface area contributed by atoms with Gasteiger partial charge in [-0.15, -0.1) is 0 Å². The van der Waals surface area contributed by atoms with E-state index in [1.807, 2.05) is 30.3 Å². The summed E-state index contributed by atoms with van der Waals surface area (Å²) < 4.78 is 15.5. The number of hydrogen-bond acceptors (Lipinski definition) is 2. The third-order valence-electron chi connectivity index (χ3n) is 2.84. The topological polar surface area (TPSA) is 29.9 Å². The molecule has 1 aromatic heterocycles. The highest BCUT2D eigenvalue weighted by molar-refractivity contribution is 6.30. The Morgan fingerprint density at radius 3 is 2.70 bits per heavy atom. The van der Waals surface area contributed by atoms with Crippen LogP contribution in [0.2, 0.25) is 5.02 Å². The Bertz CT molecular complexity index is 725. The Morgan fingerprint density at radius 1 is 1.10 bits per heavy atom. The summed E-state index contributed by atoms with van der Waals surface area (Å²) in [5.74, 6) is 0.167. The summed E-state index contributed by atoms with van der Waals surface area (Å²) in [6, 6.07) is 14.0. The third kappa shape index (κ3) is 2.51. The Balaban J connectivity index is 2.00. The lowest BCUT2D eigenvalue weighted by atomic mass is 10.3. The minimum Gasteiger partial charge on any atom is -0.325 e. The third-order valence-corrected chi connectivity index (χ3v) is 3.07. The van der Waals surface area contributed by atoms with Gasteiger partial charge in [-0.1, -0.05) is 29.8 Å². The van der Waals surface area contributed by atoms with Crippen molar-refractivity contribution in [3.63, 3.8) is 0 Å². The van der Waals surface area contributed by atoms with Crippen LogP contribution in [-0.2, 0) is 0 Å². The van der Waals surface area contributed by atoms with E-state index in [0.717, 1.165) is 5.69 Å². The first-order chi connectivity index (χ1) is 9.74. The molecule has 20 heavy (non-hydrogen) atoms. The highest BCUT2D eigenvalue weighted by Crippen LogP contribution is 2.23. The first-order valence-corrected chi connectivity index (χ1v) is 6.43. The zero-order chi connectivity index (χ0) is 13.9. The van der Waals surface area contributed by atoms with E-state index in [1.54, 1.807) is 23.0 Å². The summed E-state index contributed by atoms with van der Waals surface area (Å²) in [6.45, 7) is 0. The van der Waals surface area contributed by atoms with Gasteiger partial charge in [-0.2, -0.15) is 0 Å². The second-order valence-corrected chi connectivity index (χ2v) is 4.64. The average molecular weight is 288 g/mol. The number of nitrogens with zero attached hydrogens (tertiary/aromatic N) is 2. The lowest BCUT2D eigenvalue weighted by molar-refractivity contribution is 0.618. The molecule has 2 aromatic carbocycles. The van der Waals surface area contributed by atoms with Gasteiger partial charge in [-0.05, 0) is 30.3 Å². The van der Waals surface area contributed by atoms with Gasteiger partial charge in [0.1, 0.15) is 5.82 Å². The highest BCUT2D eigenvalue weighted by atomic mass is 35.5. The van der Waals surface area contributed by atoms with E-state index in [2.05, 4.69) is 10.3 Å². The molecule has 0 radical (unpaired) electrons. The molecule has 3 aromatic rings. The van der Waals surface area contributed by atoms with E-state index < -0.39 is 0 Å². The van der Waals surface area contributed by atoms with Crippen LogP contribution in [0.4, 0.5) is 16.0 Å². The minimum absolute atomic E-state index is 0.355. The fourth-order valence-corrected chi connectivity index (χ4v) is 2.08. The maximum Gasteiger partial charge on any atom is 0.212 e. The Labute approximate surface area is 120 Å². The molecule has 0 fully saturated rings. The minimum atomic E-state index is -0.358. The number of imidazole rings is 1. The molecule has 0 aliphatic heterocycles. The summed E-state index contributed by atoms with van der Waals surface area (Å²) in [4.78, 5) is 4.20. The van der Waals surface area contributed by atoms with E-state index in [4.69, 9.17) is 11.6 Å². The summed E-state index contributed by atoms with van der Waals surface area (Å²) in [7, 11) is 0. The summed E-state index contributed by atoms with van der Waals surface area (Å²) in [6.07, 6.45) is 3.28. The van der Waals surface area contributed by atoms with E-state index >= 15 is 0 Å². The van der Waals surface area contributed by atoms with Crippen molar-refractivity contribution >= 4 is 23.2 Å². The monoisotopic (exact) mass is 287 g/mol. The van der Waals surface area contributed by atoms with Crippen molar-refractivity contribution in [1.29, 1.82) is 0 Å². The second kappa shape index (κ2) is 5.35. The molecule has 0 atom stereocenters. The van der Waals surface area contributed by atoms with Crippen LogP contribution in [0.5, 0.6) is 0 Å². The van der Waals surface area contributed by atoms with Crippen molar-refractivity contribution in [2.24, 2.45) is 0 Å². The summed E-state index contributed by atoms with van der Waals surface area (Å²) in [5, 5.41) is 3.61. The van der Waals surface area contributed by atoms with Gasteiger partial charge in [0, 0.05) is 23.1 Å². The Morgan fingerprint density at radius 2 is 1.90 bits per heavy atom. The molecule has 0 aliphatic carbocycles. The van der Waals surface area contributed by atoms with Crippen molar-refractivity contribution in [3.05, 3.63) is 71.8 Å². The van der Waals surface area contributed by atoms with Crippen molar-refractivity contribution in [2.75, 3.05) is 5.32 Å². The fraction of sp³-hybridized carbons (Fsp3) is 0. The number of anilines is 2. The van der Waals surface area contributed by atoms with Gasteiger partial charge in [0.25, 0.3) is 0 Å². The van der Waals surface area contributed by atoms with E-state index in [9.17, 15) is 4.39 Å². The van der Waals surface area contributed by atoms with Crippen LogP contribution in [-0.4, -0.2) is 9.55 Å². The van der Waals surface area contributed by atoms with Crippen LogP contribution < -0.4 is 5.32 Å². The highest BCUT2D eigenvalue weighted by Gasteiger charge is 2.10. The van der Waals surface area contributed by atoms with Crippen LogP contribution in [0.15, 0.2) is 60.9 Å². The van der Waals surface area contributed by atoms with Gasteiger partial charge in [0.15, 0.2) is 0 Å². The lowest BCUT2D eigenvalue weighted by Gasteiger charge is -2.11. The number of nitrogens with one attached hydrogen (secondary N) is 1. The molecule has 100 valence electrons. The van der Waals surface area contributed by atoms with E-state index in [-0.39, 0.29) is 5.82 Å². The standard InChI is InChI=1S/C15H11ClFN3/c16-11-6-7-13(17)14(10-11)20-9-8-18-15(20)19-12-4-2-1-3-5-12/h1-10H,(H,18,19). The van der Waals surface area contributed by atoms with Gasteiger partial charge >= 0.3 is 0 Å². The van der Waals surface area contributed by atoms with Gasteiger partial charge in [0.2, 0.25) is 5.95 Å². The number of rotatable bonds is 3. The maximum atomic E-state index is 13.9. The van der Waals surface area contributed by atoms with Gasteiger partial charge < -0.3 is 5.32 Å². The fourth-order valence-electron chi connectivity index (χ4n) is 1.91. The molecular weight excluding hydrogens is 277 g/mol. The number of para-hydroxylation sites is 1. The van der Waals surface area contributed by atoms with Crippen LogP contribution in [0, 0.1) is 5.82 Å². The molecule has 3 nitrogen and oxygen atoms in total. The van der Waals surface area contributed by atoms with E-state index in [0.29, 0.717) is 16.7 Å². The summed E-state index contributed by atoms with van der Waals surface area (Å²) in [5.41, 5.74) is 1.23. The molecule has 5 heteroatoms. The van der Waals surface area contributed by atoms with Crippen molar-refractivity contribution in [1.82, 2.24) is 9.55 Å². The number of halogens is 2. The van der Waals surface area contributed by atoms with Gasteiger partial charge in [-0.3, -0.25) is 4.57 Å². The molecule has 1 heterocycles. The second-order valence-electron chi connectivity index (χ2n) is 4.21. The van der Waals surface area contributed by atoms with Crippen molar-refractivity contribution in [2.45, 2.75) is 0 Å². The van der Waals surface area contributed by atoms with Gasteiger partial charge in [-0.25, -0.2) is 9.37 Å². The molecule has 0 saturated heterocycles. The normalized spacial score (nSPS) is 10.5. The summed E-state index contributed by atoms with van der Waals surface area (Å²) >= 11 is 5.93. The smallest absolute Gasteiger partial charge is 0.212 e. The van der Waals surface area contributed by atoms with Crippen LogP contribution >= 0.6 is 11.6 Å². The molecule has 0 amide bonds. The SMILES string of the molecule is Fc1ccc(Cl)cc1-n1ccnc1Nc1ccccc1. The first-order valence-electron chi connectivity index (χ1n) is 6.05. The lowest BCUT2D eigenvalue weighted by Crippen LogP contribution is -2.03. The Kier molecular flexibility index (Phi) is 3.39. The molecule has 0 aliphatic rings. The average Bonchev–Trinajstić information content (AvgIpc) is 2.91. The van der Waals surface area contributed by atoms with Crippen LogP contribution in [0.25, 0.3) is 5.69 Å². The molecule has 0 spiro atoms. The molecule has 0 bridgehead atoms. The molecule has 1 N–H and O–H groups in total.